The fourth-order valence-electron chi connectivity index (χ4n) is 9.62. The van der Waals surface area contributed by atoms with Crippen molar-refractivity contribution in [3.8, 4) is 5.75 Å². The number of amides is 6. The van der Waals surface area contributed by atoms with Crippen molar-refractivity contribution < 1.29 is 86.3 Å². The summed E-state index contributed by atoms with van der Waals surface area (Å²) < 4.78 is 40.1. The topological polar surface area (TPSA) is 285 Å². The Hall–Kier alpha value is -6.56. The van der Waals surface area contributed by atoms with Crippen LogP contribution in [0, 0.1) is 5.92 Å². The fraction of sp³-hybridized carbons (Fsp3) is 0.604. The van der Waals surface area contributed by atoms with E-state index in [1.807, 2.05) is 19.1 Å². The number of methoxy groups -OCH3 is 2. The van der Waals surface area contributed by atoms with Crippen molar-refractivity contribution in [2.75, 3.05) is 41.5 Å². The van der Waals surface area contributed by atoms with Crippen molar-refractivity contribution in [3.63, 3.8) is 0 Å². The van der Waals surface area contributed by atoms with Gasteiger partial charge in [0, 0.05) is 59.2 Å². The van der Waals surface area contributed by atoms with Crippen molar-refractivity contribution in [2.45, 2.75) is 159 Å². The molecule has 23 nitrogen and oxygen atoms in total. The second-order valence-corrected chi connectivity index (χ2v) is 20.6. The maximum atomic E-state index is 14.1. The zero-order valence-electron chi connectivity index (χ0n) is 44.7. The average Bonchev–Trinajstić information content (AvgIpc) is 3.98. The van der Waals surface area contributed by atoms with E-state index >= 15 is 0 Å². The molecule has 0 saturated carbocycles. The van der Waals surface area contributed by atoms with E-state index in [9.17, 15) is 48.3 Å². The number of halogens is 1. The summed E-state index contributed by atoms with van der Waals surface area (Å²) >= 11 is 6.75. The lowest BCUT2D eigenvalue weighted by atomic mass is 9.83. The molecule has 5 aliphatic rings. The summed E-state index contributed by atoms with van der Waals surface area (Å²) in [6, 6.07) is 0.579. The van der Waals surface area contributed by atoms with Crippen LogP contribution in [0.25, 0.3) is 0 Å². The normalized spacial score (nSPS) is 29.0. The van der Waals surface area contributed by atoms with Crippen LogP contribution in [0.4, 0.5) is 14.4 Å². The molecule has 0 aromatic heterocycles. The monoisotopic (exact) mass is 1100 g/mol. The van der Waals surface area contributed by atoms with Crippen LogP contribution in [0.5, 0.6) is 5.75 Å². The Morgan fingerprint density at radius 1 is 1.00 bits per heavy atom. The summed E-state index contributed by atoms with van der Waals surface area (Å²) in [6.07, 6.45) is 4.44. The minimum atomic E-state index is -1.91. The Balaban J connectivity index is 1.13. The first-order valence-corrected chi connectivity index (χ1v) is 26.0. The Morgan fingerprint density at radius 3 is 2.43 bits per heavy atom. The number of rotatable bonds is 14. The third-order valence-electron chi connectivity index (χ3n) is 14.4. The number of imide groups is 1. The van der Waals surface area contributed by atoms with Crippen LogP contribution in [-0.2, 0) is 74.9 Å². The van der Waals surface area contributed by atoms with Crippen molar-refractivity contribution in [1.29, 1.82) is 0 Å². The molecule has 3 heterocycles. The molecule has 6 amide bonds. The number of allylic oxidation sites excluding steroid dienone is 4. The second kappa shape index (κ2) is 26.2. The summed E-state index contributed by atoms with van der Waals surface area (Å²) in [7, 11) is 5.47. The number of hydroxylamine groups is 2. The lowest BCUT2D eigenvalue weighted by Crippen LogP contribution is -2.63. The second-order valence-electron chi connectivity index (χ2n) is 20.3. The number of benzene rings is 1. The number of esters is 1. The third-order valence-corrected chi connectivity index (χ3v) is 14.8. The first-order valence-electron chi connectivity index (χ1n) is 25.6. The molecular weight excluding hydrogens is 1030 g/mol. The molecule has 1 aromatic carbocycles. The Morgan fingerprint density at radius 2 is 1.73 bits per heavy atom. The van der Waals surface area contributed by atoms with E-state index in [-0.39, 0.29) is 48.0 Å². The van der Waals surface area contributed by atoms with E-state index < -0.39 is 127 Å². The zero-order chi connectivity index (χ0) is 56.4. The van der Waals surface area contributed by atoms with Gasteiger partial charge in [0.2, 0.25) is 5.91 Å². The Labute approximate surface area is 451 Å². The Kier molecular flexibility index (Phi) is 20.3. The number of hydrogen-bond acceptors (Lipinski definition) is 18. The molecular formula is C53H70ClN5O18. The number of nitrogens with one attached hydrogen (secondary N) is 2. The lowest BCUT2D eigenvalue weighted by Gasteiger charge is -2.42. The van der Waals surface area contributed by atoms with Gasteiger partial charge in [0.25, 0.3) is 11.8 Å². The molecule has 2 aliphatic carbocycles. The van der Waals surface area contributed by atoms with Gasteiger partial charge in [-0.05, 0) is 76.1 Å². The molecule has 4 bridgehead atoms. The minimum Gasteiger partial charge on any atom is -0.495 e. The maximum absolute atomic E-state index is 14.1. The van der Waals surface area contributed by atoms with E-state index in [4.69, 9.17) is 49.6 Å². The summed E-state index contributed by atoms with van der Waals surface area (Å²) in [4.78, 5) is 126. The molecule has 3 fully saturated rings. The smallest absolute Gasteiger partial charge is 0.410 e. The van der Waals surface area contributed by atoms with Gasteiger partial charge in [0.05, 0.1) is 31.2 Å². The molecule has 6 rings (SSSR count). The molecule has 77 heavy (non-hydrogen) atoms. The van der Waals surface area contributed by atoms with Crippen LogP contribution in [0.1, 0.15) is 103 Å². The summed E-state index contributed by atoms with van der Waals surface area (Å²) in [5, 5.41) is 17.1. The van der Waals surface area contributed by atoms with E-state index in [1.165, 1.54) is 35.2 Å². The van der Waals surface area contributed by atoms with Gasteiger partial charge in [-0.2, -0.15) is 0 Å². The number of nitrogens with zero attached hydrogens (tertiary/aromatic N) is 3. The number of Topliss-reactive ketones (excluding diaryl/α,β-unsaturated/α-hetero) is 1. The van der Waals surface area contributed by atoms with Crippen molar-refractivity contribution in [1.82, 2.24) is 25.5 Å². The number of ether oxygens (including phenoxy) is 7. The first kappa shape index (κ1) is 59.7. The fourth-order valence-corrected chi connectivity index (χ4v) is 9.87. The highest BCUT2D eigenvalue weighted by atomic mass is 35.5. The predicted octanol–water partition coefficient (Wildman–Crippen LogP) is 4.71. The number of carbonyl (C=O) groups is 9. The van der Waals surface area contributed by atoms with Crippen molar-refractivity contribution in [2.24, 2.45) is 5.92 Å². The average molecular weight is 1100 g/mol. The molecule has 1 aromatic rings. The molecule has 3 N–H and O–H groups in total. The number of aliphatic hydroxyl groups is 1. The minimum absolute atomic E-state index is 0.132. The summed E-state index contributed by atoms with van der Waals surface area (Å²) in [5.41, 5.74) is -1.13. The van der Waals surface area contributed by atoms with Crippen molar-refractivity contribution >= 4 is 65.3 Å². The number of fused-ring (bicyclic) bond motifs is 5. The molecule has 3 saturated heterocycles. The number of ketones is 1. The molecule has 10 atom stereocenters. The third kappa shape index (κ3) is 15.3. The molecule has 0 spiro atoms. The van der Waals surface area contributed by atoms with Gasteiger partial charge in [-0.3, -0.25) is 24.5 Å². The van der Waals surface area contributed by atoms with E-state index in [0.29, 0.717) is 24.2 Å². The lowest BCUT2D eigenvalue weighted by molar-refractivity contribution is -0.199. The quantitative estimate of drug-likeness (QED) is 0.0747. The number of alkyl carbamates (subject to hydrolysis) is 2. The largest absolute Gasteiger partial charge is 0.495 e. The van der Waals surface area contributed by atoms with E-state index in [1.54, 1.807) is 44.2 Å². The van der Waals surface area contributed by atoms with E-state index in [2.05, 4.69) is 10.6 Å². The van der Waals surface area contributed by atoms with Gasteiger partial charge in [0.15, 0.2) is 5.72 Å². The highest BCUT2D eigenvalue weighted by Gasteiger charge is 2.64. The predicted molar refractivity (Wildman–Crippen MR) is 271 cm³/mol. The van der Waals surface area contributed by atoms with Crippen LogP contribution < -0.4 is 15.4 Å². The standard InChI is InChI=1S/C53H70ClN5O18/c1-30-15-14-18-40(71-8)53(69)28-39(74-50(67)56-53)31(2)46-52(4,76-46)41(27-35(60)26-34-24-33(23-30)25-38(70-7)45(34)54)75-47(64)32(3)58(6)42(61)21-22-72-49(66)55-37(48(65)77-59-43(62)19-20-44(59)63)29-57(5)51(68)73-36-16-12-10-9-11-13-17-36/h12,14-16,18,24-25,31-32,36-37,39-41,46,69H,9-11,13,17,19-23,26-29H2,1-8H3,(H,55,66)(H,56,67)/b16-12+,18-14+,30-15+/t31-,32+,36?,37?,39+,40-,41+,46+,52+,53+/m1/s1. The summed E-state index contributed by atoms with van der Waals surface area (Å²) in [5.74, 6) is -5.12. The van der Waals surface area contributed by atoms with E-state index in [0.717, 1.165) is 46.6 Å². The molecule has 422 valence electrons. The van der Waals surface area contributed by atoms with Crippen LogP contribution in [0.15, 0.2) is 48.1 Å². The molecule has 2 unspecified atom stereocenters. The molecule has 24 heteroatoms. The van der Waals surface area contributed by atoms with Crippen LogP contribution >= 0.6 is 11.6 Å². The van der Waals surface area contributed by atoms with Crippen LogP contribution in [0.2, 0.25) is 5.02 Å². The first-order chi connectivity index (χ1) is 36.5. The van der Waals surface area contributed by atoms with Crippen molar-refractivity contribution in [3.05, 3.63) is 64.2 Å². The highest BCUT2D eigenvalue weighted by molar-refractivity contribution is 6.33. The Bertz CT molecular complexity index is 2500. The maximum Gasteiger partial charge on any atom is 0.410 e. The van der Waals surface area contributed by atoms with Crippen LogP contribution in [0.3, 0.4) is 0 Å². The van der Waals surface area contributed by atoms with Gasteiger partial charge >= 0.3 is 30.2 Å². The number of carbonyl (C=O) groups excluding carboxylic acids is 9. The highest BCUT2D eigenvalue weighted by Crippen LogP contribution is 2.49. The van der Waals surface area contributed by atoms with Gasteiger partial charge in [-0.1, -0.05) is 60.9 Å². The van der Waals surface area contributed by atoms with Gasteiger partial charge < -0.3 is 58.2 Å². The zero-order valence-corrected chi connectivity index (χ0v) is 45.4. The summed E-state index contributed by atoms with van der Waals surface area (Å²) in [6.45, 7) is 5.55. The number of hydrogen-bond donors (Lipinski definition) is 3. The molecule has 0 radical (unpaired) electrons. The number of likely N-dealkylation sites (N-methyl/N-ethyl adjacent to an activating group) is 2. The number of epoxide rings is 1. The van der Waals surface area contributed by atoms with Gasteiger partial charge in [0.1, 0.15) is 60.2 Å². The van der Waals surface area contributed by atoms with Gasteiger partial charge in [-0.15, -0.1) is 5.06 Å². The SMILES string of the molecule is COc1cc2cc(c1Cl)CC(=O)C[C@H](OC(=O)[C@H](C)N(C)C(=O)CCOC(=O)NC(CN(C)C(=O)OC1/C=C/CCCCC1)C(=O)ON1C(=O)CCC1=O)[C@]1(C)O[C@H]1[C@H](C)[C@@H]1C[C@@](O)(NC(=O)O1)[C@H](OC)/C=C/C=C(\C)C2. The molecule has 3 aliphatic heterocycles. The van der Waals surface area contributed by atoms with Crippen LogP contribution in [-0.4, -0.2) is 169 Å². The van der Waals surface area contributed by atoms with Gasteiger partial charge in [-0.25, -0.2) is 24.0 Å².